The van der Waals surface area contributed by atoms with Crippen LogP contribution in [0.4, 0.5) is 0 Å². The van der Waals surface area contributed by atoms with Crippen molar-refractivity contribution in [2.75, 3.05) is 6.54 Å². The molecular formula is C14H12N2O. The topological polar surface area (TPSA) is 33.2 Å². The maximum atomic E-state index is 12.0. The third-order valence-corrected chi connectivity index (χ3v) is 3.00. The number of nitrogens with zero attached hydrogens (tertiary/aromatic N) is 2. The second-order valence-electron chi connectivity index (χ2n) is 4.16. The van der Waals surface area contributed by atoms with Gasteiger partial charge < -0.3 is 4.90 Å². The van der Waals surface area contributed by atoms with E-state index < -0.39 is 0 Å². The van der Waals surface area contributed by atoms with Crippen LogP contribution in [-0.2, 0) is 6.54 Å². The SMILES string of the molecule is C=CCN1Cc2cc3ccccc3nc2C1=O. The van der Waals surface area contributed by atoms with Crippen molar-refractivity contribution in [3.05, 3.63) is 54.2 Å². The molecule has 3 nitrogen and oxygen atoms in total. The summed E-state index contributed by atoms with van der Waals surface area (Å²) in [6.45, 7) is 4.87. The van der Waals surface area contributed by atoms with E-state index in [4.69, 9.17) is 0 Å². The van der Waals surface area contributed by atoms with Gasteiger partial charge >= 0.3 is 0 Å². The Kier molecular flexibility index (Phi) is 2.18. The van der Waals surface area contributed by atoms with Crippen molar-refractivity contribution in [2.24, 2.45) is 0 Å². The van der Waals surface area contributed by atoms with Crippen LogP contribution >= 0.6 is 0 Å². The molecule has 1 amide bonds. The molecule has 1 aliphatic rings. The Morgan fingerprint density at radius 2 is 2.24 bits per heavy atom. The summed E-state index contributed by atoms with van der Waals surface area (Å²) in [4.78, 5) is 18.2. The van der Waals surface area contributed by atoms with Gasteiger partial charge in [-0.25, -0.2) is 4.98 Å². The van der Waals surface area contributed by atoms with Gasteiger partial charge in [-0.15, -0.1) is 6.58 Å². The predicted molar refractivity (Wildman–Crippen MR) is 66.7 cm³/mol. The monoisotopic (exact) mass is 224 g/mol. The summed E-state index contributed by atoms with van der Waals surface area (Å²) < 4.78 is 0. The van der Waals surface area contributed by atoms with Crippen molar-refractivity contribution in [1.82, 2.24) is 9.88 Å². The van der Waals surface area contributed by atoms with Gasteiger partial charge in [-0.05, 0) is 12.1 Å². The van der Waals surface area contributed by atoms with Crippen LogP contribution in [0.1, 0.15) is 16.1 Å². The number of hydrogen-bond donors (Lipinski definition) is 0. The molecular weight excluding hydrogens is 212 g/mol. The van der Waals surface area contributed by atoms with Crippen molar-refractivity contribution in [2.45, 2.75) is 6.54 Å². The number of amides is 1. The highest BCUT2D eigenvalue weighted by atomic mass is 16.2. The van der Waals surface area contributed by atoms with E-state index in [1.54, 1.807) is 11.0 Å². The Labute approximate surface area is 99.4 Å². The van der Waals surface area contributed by atoms with Crippen molar-refractivity contribution in [1.29, 1.82) is 0 Å². The average molecular weight is 224 g/mol. The molecule has 0 bridgehead atoms. The second kappa shape index (κ2) is 3.70. The number of fused-ring (bicyclic) bond motifs is 2. The molecule has 0 spiro atoms. The lowest BCUT2D eigenvalue weighted by molar-refractivity contribution is 0.0792. The Morgan fingerprint density at radius 3 is 3.06 bits per heavy atom. The standard InChI is InChI=1S/C14H12N2O/c1-2-7-16-9-11-8-10-5-3-4-6-12(10)15-13(11)14(16)17/h2-6,8H,1,7,9H2. The number of rotatable bonds is 2. The summed E-state index contributed by atoms with van der Waals surface area (Å²) in [7, 11) is 0. The third-order valence-electron chi connectivity index (χ3n) is 3.00. The molecule has 1 aliphatic heterocycles. The second-order valence-corrected chi connectivity index (χ2v) is 4.16. The van der Waals surface area contributed by atoms with Crippen molar-refractivity contribution >= 4 is 16.8 Å². The van der Waals surface area contributed by atoms with Gasteiger partial charge in [0.15, 0.2) is 0 Å². The number of pyridine rings is 1. The number of aromatic nitrogens is 1. The molecule has 0 aliphatic carbocycles. The van der Waals surface area contributed by atoms with Gasteiger partial charge in [0.2, 0.25) is 0 Å². The lowest BCUT2D eigenvalue weighted by Crippen LogP contribution is -2.23. The van der Waals surface area contributed by atoms with Gasteiger partial charge in [0.25, 0.3) is 5.91 Å². The lowest BCUT2D eigenvalue weighted by Gasteiger charge is -2.10. The van der Waals surface area contributed by atoms with E-state index in [1.165, 1.54) is 0 Å². The van der Waals surface area contributed by atoms with Crippen LogP contribution in [0.3, 0.4) is 0 Å². The zero-order chi connectivity index (χ0) is 11.8. The van der Waals surface area contributed by atoms with Gasteiger partial charge in [-0.2, -0.15) is 0 Å². The Morgan fingerprint density at radius 1 is 1.41 bits per heavy atom. The predicted octanol–water partition coefficient (Wildman–Crippen LogP) is 2.38. The number of carbonyl (C=O) groups excluding carboxylic acids is 1. The Bertz CT molecular complexity index is 619. The highest BCUT2D eigenvalue weighted by Gasteiger charge is 2.28. The number of benzene rings is 1. The minimum absolute atomic E-state index is 0.00523. The quantitative estimate of drug-likeness (QED) is 0.734. The molecule has 17 heavy (non-hydrogen) atoms. The van der Waals surface area contributed by atoms with Gasteiger partial charge in [0.05, 0.1) is 5.52 Å². The minimum Gasteiger partial charge on any atom is -0.329 e. The number of carbonyl (C=O) groups is 1. The normalized spacial score (nSPS) is 14.1. The summed E-state index contributed by atoms with van der Waals surface area (Å²) in [5, 5.41) is 1.08. The first kappa shape index (κ1) is 10.0. The maximum Gasteiger partial charge on any atom is 0.273 e. The Balaban J connectivity index is 2.13. The smallest absolute Gasteiger partial charge is 0.273 e. The zero-order valence-electron chi connectivity index (χ0n) is 9.39. The van der Waals surface area contributed by atoms with Crippen LogP contribution in [0.15, 0.2) is 43.0 Å². The molecule has 1 aromatic heterocycles. The largest absolute Gasteiger partial charge is 0.329 e. The van der Waals surface area contributed by atoms with Crippen LogP contribution in [0.2, 0.25) is 0 Å². The highest BCUT2D eigenvalue weighted by Crippen LogP contribution is 2.24. The van der Waals surface area contributed by atoms with Crippen molar-refractivity contribution in [3.63, 3.8) is 0 Å². The highest BCUT2D eigenvalue weighted by molar-refractivity contribution is 5.99. The first-order chi connectivity index (χ1) is 8.29. The van der Waals surface area contributed by atoms with Crippen molar-refractivity contribution in [3.8, 4) is 0 Å². The molecule has 0 saturated heterocycles. The van der Waals surface area contributed by atoms with E-state index in [0.717, 1.165) is 16.5 Å². The molecule has 0 N–H and O–H groups in total. The van der Waals surface area contributed by atoms with Crippen LogP contribution in [0.25, 0.3) is 10.9 Å². The summed E-state index contributed by atoms with van der Waals surface area (Å²) >= 11 is 0. The molecule has 0 fully saturated rings. The molecule has 3 heteroatoms. The number of para-hydroxylation sites is 1. The molecule has 1 aromatic carbocycles. The minimum atomic E-state index is 0.00523. The number of hydrogen-bond acceptors (Lipinski definition) is 2. The first-order valence-corrected chi connectivity index (χ1v) is 5.58. The van der Waals surface area contributed by atoms with E-state index in [1.807, 2.05) is 24.3 Å². The Hall–Kier alpha value is -2.16. The molecule has 3 rings (SSSR count). The molecule has 2 heterocycles. The van der Waals surface area contributed by atoms with E-state index in [9.17, 15) is 4.79 Å². The van der Waals surface area contributed by atoms with Gasteiger partial charge in [0.1, 0.15) is 5.69 Å². The average Bonchev–Trinajstić information content (AvgIpc) is 2.64. The van der Waals surface area contributed by atoms with E-state index in [2.05, 4.69) is 17.6 Å². The fourth-order valence-corrected chi connectivity index (χ4v) is 2.20. The van der Waals surface area contributed by atoms with E-state index >= 15 is 0 Å². The van der Waals surface area contributed by atoms with Crippen LogP contribution < -0.4 is 0 Å². The fourth-order valence-electron chi connectivity index (χ4n) is 2.20. The van der Waals surface area contributed by atoms with Crippen LogP contribution in [0.5, 0.6) is 0 Å². The summed E-state index contributed by atoms with van der Waals surface area (Å²) in [5.74, 6) is 0.00523. The molecule has 0 radical (unpaired) electrons. The molecule has 2 aromatic rings. The van der Waals surface area contributed by atoms with Crippen LogP contribution in [0, 0.1) is 0 Å². The van der Waals surface area contributed by atoms with E-state index in [0.29, 0.717) is 18.8 Å². The summed E-state index contributed by atoms with van der Waals surface area (Å²) in [6.07, 6.45) is 1.74. The van der Waals surface area contributed by atoms with Crippen molar-refractivity contribution < 1.29 is 4.79 Å². The molecule has 0 unspecified atom stereocenters. The summed E-state index contributed by atoms with van der Waals surface area (Å²) in [6, 6.07) is 9.91. The van der Waals surface area contributed by atoms with Gasteiger partial charge in [-0.3, -0.25) is 4.79 Å². The zero-order valence-corrected chi connectivity index (χ0v) is 9.39. The fraction of sp³-hybridized carbons (Fsp3) is 0.143. The van der Waals surface area contributed by atoms with E-state index in [-0.39, 0.29) is 5.91 Å². The lowest BCUT2D eigenvalue weighted by atomic mass is 10.1. The molecule has 84 valence electrons. The van der Waals surface area contributed by atoms with Crippen LogP contribution in [-0.4, -0.2) is 22.3 Å². The molecule has 0 atom stereocenters. The first-order valence-electron chi connectivity index (χ1n) is 5.58. The summed E-state index contributed by atoms with van der Waals surface area (Å²) in [5.41, 5.74) is 2.47. The third kappa shape index (κ3) is 1.51. The maximum absolute atomic E-state index is 12.0. The van der Waals surface area contributed by atoms with Gasteiger partial charge in [0, 0.05) is 24.0 Å². The molecule has 0 saturated carbocycles. The van der Waals surface area contributed by atoms with Gasteiger partial charge in [-0.1, -0.05) is 24.3 Å².